The summed E-state index contributed by atoms with van der Waals surface area (Å²) in [7, 11) is -2.80. The maximum Gasteiger partial charge on any atom is 0.266 e. The van der Waals surface area contributed by atoms with Gasteiger partial charge in [0.15, 0.2) is 5.13 Å². The maximum absolute atomic E-state index is 14.6. The molecule has 2 saturated heterocycles. The molecule has 0 bridgehead atoms. The number of sulfonamides is 1. The number of pyridine rings is 1. The Hall–Kier alpha value is -5.75. The van der Waals surface area contributed by atoms with Gasteiger partial charge in [-0.05, 0) is 70.2 Å². The number of carbonyl (C=O) groups is 4. The van der Waals surface area contributed by atoms with E-state index in [9.17, 15) is 27.6 Å². The summed E-state index contributed by atoms with van der Waals surface area (Å²) in [6.45, 7) is 4.62. The van der Waals surface area contributed by atoms with E-state index in [2.05, 4.69) is 26.0 Å². The van der Waals surface area contributed by atoms with Crippen LogP contribution < -0.4 is 35.5 Å². The zero-order valence-corrected chi connectivity index (χ0v) is 35.9. The Morgan fingerprint density at radius 1 is 1.05 bits per heavy atom. The molecule has 16 nitrogen and oxygen atoms in total. The van der Waals surface area contributed by atoms with Gasteiger partial charge >= 0.3 is 0 Å². The highest BCUT2D eigenvalue weighted by molar-refractivity contribution is 7.90. The summed E-state index contributed by atoms with van der Waals surface area (Å²) in [6.07, 6.45) is 7.18. The fraction of sp³-hybridized carbons (Fsp3) is 0.442. The summed E-state index contributed by atoms with van der Waals surface area (Å²) >= 11 is 1.45. The number of ether oxygens (including phenoxy) is 2. The van der Waals surface area contributed by atoms with Crippen LogP contribution in [0.4, 0.5) is 10.8 Å². The Morgan fingerprint density at radius 2 is 1.89 bits per heavy atom. The van der Waals surface area contributed by atoms with Crippen molar-refractivity contribution < 1.29 is 37.1 Å². The van der Waals surface area contributed by atoms with Crippen molar-refractivity contribution in [2.24, 2.45) is 5.92 Å². The van der Waals surface area contributed by atoms with Crippen molar-refractivity contribution >= 4 is 66.7 Å². The van der Waals surface area contributed by atoms with Crippen LogP contribution in [-0.4, -0.2) is 96.9 Å². The van der Waals surface area contributed by atoms with Gasteiger partial charge in [0.25, 0.3) is 15.9 Å². The lowest BCUT2D eigenvalue weighted by atomic mass is 10.1. The highest BCUT2D eigenvalue weighted by Crippen LogP contribution is 2.46. The molecule has 2 aromatic carbocycles. The molecule has 18 heteroatoms. The zero-order chi connectivity index (χ0) is 42.9. The number of likely N-dealkylation sites (tertiary alicyclic amines) is 1. The van der Waals surface area contributed by atoms with E-state index in [1.165, 1.54) is 22.3 Å². The van der Waals surface area contributed by atoms with Gasteiger partial charge in [-0.1, -0.05) is 30.7 Å². The van der Waals surface area contributed by atoms with Gasteiger partial charge < -0.3 is 35.6 Å². The Labute approximate surface area is 358 Å². The molecule has 2 aromatic heterocycles. The second kappa shape index (κ2) is 17.3. The number of nitrogens with one attached hydrogen (secondary N) is 5. The van der Waals surface area contributed by atoms with Gasteiger partial charge in [0.2, 0.25) is 17.7 Å². The Morgan fingerprint density at radius 3 is 2.67 bits per heavy atom. The average Bonchev–Trinajstić information content (AvgIpc) is 3.60. The molecule has 5 N–H and O–H groups in total. The highest BCUT2D eigenvalue weighted by Gasteiger charge is 2.62. The molecule has 1 saturated carbocycles. The van der Waals surface area contributed by atoms with E-state index in [0.717, 1.165) is 30.8 Å². The SMILES string of the molecule is COc1ccc2c(O[C@@H]3C[C@@H](C(=O)N[C@]45C[C@@H]4/C=C\CCCCCNc4ccccc4S(=O)(=O)NC5=O)N(C(=O)[C@@H]4CCC(=O)N4)C3)cc(-c3csc(NC(C)C)n3)nc2c1. The molecule has 0 spiro atoms. The second-order valence-corrected chi connectivity index (χ2v) is 18.8. The Kier molecular flexibility index (Phi) is 11.9. The zero-order valence-electron chi connectivity index (χ0n) is 34.2. The van der Waals surface area contributed by atoms with Gasteiger partial charge in [0.05, 0.1) is 30.6 Å². The quantitative estimate of drug-likeness (QED) is 0.145. The lowest BCUT2D eigenvalue weighted by molar-refractivity contribution is -0.141. The molecule has 1 aliphatic carbocycles. The largest absolute Gasteiger partial charge is 0.497 e. The predicted octanol–water partition coefficient (Wildman–Crippen LogP) is 4.74. The first-order chi connectivity index (χ1) is 29.3. The van der Waals surface area contributed by atoms with Crippen LogP contribution in [0.2, 0.25) is 0 Å². The normalized spacial score (nSPS) is 25.5. The lowest BCUT2D eigenvalue weighted by Crippen LogP contribution is -2.57. The minimum atomic E-state index is -4.36. The van der Waals surface area contributed by atoms with Gasteiger partial charge in [0.1, 0.15) is 45.8 Å². The van der Waals surface area contributed by atoms with Crippen molar-refractivity contribution in [3.05, 3.63) is 66.1 Å². The number of thiazole rings is 1. The van der Waals surface area contributed by atoms with Crippen LogP contribution >= 0.6 is 11.3 Å². The third-order valence-corrected chi connectivity index (χ3v) is 13.7. The van der Waals surface area contributed by atoms with E-state index in [4.69, 9.17) is 19.4 Å². The average molecular weight is 871 g/mol. The van der Waals surface area contributed by atoms with E-state index in [0.29, 0.717) is 46.0 Å². The third-order valence-electron chi connectivity index (χ3n) is 11.5. The third kappa shape index (κ3) is 9.00. The first kappa shape index (κ1) is 42.0. The number of benzene rings is 2. The summed E-state index contributed by atoms with van der Waals surface area (Å²) in [6, 6.07) is 11.8. The number of methoxy groups -OCH3 is 1. The molecule has 0 radical (unpaired) electrons. The van der Waals surface area contributed by atoms with Crippen LogP contribution in [0.15, 0.2) is 71.0 Å². The number of rotatable bonds is 9. The van der Waals surface area contributed by atoms with E-state index >= 15 is 0 Å². The number of para-hydroxylation sites is 1. The van der Waals surface area contributed by atoms with Crippen molar-refractivity contribution in [2.45, 2.75) is 99.9 Å². The summed E-state index contributed by atoms with van der Waals surface area (Å²) in [5.74, 6) is -1.65. The van der Waals surface area contributed by atoms with Crippen LogP contribution in [0.3, 0.4) is 0 Å². The number of carbonyl (C=O) groups excluding carboxylic acids is 4. The minimum absolute atomic E-state index is 0.00154. The summed E-state index contributed by atoms with van der Waals surface area (Å²) < 4.78 is 42.0. The number of nitrogens with zero attached hydrogens (tertiary/aromatic N) is 3. The van der Waals surface area contributed by atoms with E-state index in [1.54, 1.807) is 43.5 Å². The molecule has 4 aliphatic rings. The van der Waals surface area contributed by atoms with Crippen LogP contribution in [0.1, 0.15) is 65.2 Å². The van der Waals surface area contributed by atoms with Gasteiger partial charge in [-0.2, -0.15) is 0 Å². The van der Waals surface area contributed by atoms with Crippen molar-refractivity contribution in [1.82, 2.24) is 30.2 Å². The molecule has 4 amide bonds. The van der Waals surface area contributed by atoms with Crippen LogP contribution in [0.5, 0.6) is 11.5 Å². The van der Waals surface area contributed by atoms with Crippen LogP contribution in [0, 0.1) is 5.92 Å². The van der Waals surface area contributed by atoms with Gasteiger partial charge in [0, 0.05) is 54.2 Å². The fourth-order valence-corrected chi connectivity index (χ4v) is 10.3. The summed E-state index contributed by atoms with van der Waals surface area (Å²) in [5.41, 5.74) is 0.548. The molecule has 5 atom stereocenters. The second-order valence-electron chi connectivity index (χ2n) is 16.3. The molecule has 0 unspecified atom stereocenters. The molecule has 4 aromatic rings. The lowest BCUT2D eigenvalue weighted by Gasteiger charge is -2.28. The van der Waals surface area contributed by atoms with Crippen molar-refractivity contribution in [3.8, 4) is 22.9 Å². The molecule has 322 valence electrons. The number of aromatic nitrogens is 2. The highest BCUT2D eigenvalue weighted by atomic mass is 32.2. The van der Waals surface area contributed by atoms with Crippen molar-refractivity contribution in [1.29, 1.82) is 0 Å². The Balaban J connectivity index is 1.10. The Bertz CT molecular complexity index is 2490. The number of hydrogen-bond donors (Lipinski definition) is 5. The van der Waals surface area contributed by atoms with Crippen molar-refractivity contribution in [3.63, 3.8) is 0 Å². The van der Waals surface area contributed by atoms with Gasteiger partial charge in [-0.15, -0.1) is 11.3 Å². The first-order valence-corrected chi connectivity index (χ1v) is 23.1. The fourth-order valence-electron chi connectivity index (χ4n) is 8.24. The monoisotopic (exact) mass is 870 g/mol. The molecular weight excluding hydrogens is 821 g/mol. The first-order valence-electron chi connectivity index (χ1n) is 20.7. The maximum atomic E-state index is 14.6. The smallest absolute Gasteiger partial charge is 0.266 e. The molecule has 3 fully saturated rings. The number of hydrogen-bond acceptors (Lipinski definition) is 13. The van der Waals surface area contributed by atoms with Gasteiger partial charge in [-0.25, -0.2) is 23.1 Å². The number of allylic oxidation sites excluding steroid dienone is 1. The molecular formula is C43H50N8O8S2. The minimum Gasteiger partial charge on any atom is -0.497 e. The van der Waals surface area contributed by atoms with E-state index in [-0.39, 0.29) is 49.1 Å². The number of fused-ring (bicyclic) bond motifs is 3. The van der Waals surface area contributed by atoms with Crippen LogP contribution in [0.25, 0.3) is 22.3 Å². The van der Waals surface area contributed by atoms with Crippen molar-refractivity contribution in [2.75, 3.05) is 30.8 Å². The molecule has 3 aliphatic heterocycles. The molecule has 8 rings (SSSR count). The van der Waals surface area contributed by atoms with Gasteiger partial charge in [-0.3, -0.25) is 19.2 Å². The molecule has 61 heavy (non-hydrogen) atoms. The molecule has 5 heterocycles. The summed E-state index contributed by atoms with van der Waals surface area (Å²) in [4.78, 5) is 66.2. The van der Waals surface area contributed by atoms with E-state index in [1.807, 2.05) is 37.4 Å². The number of amides is 4. The number of anilines is 2. The topological polar surface area (TPSA) is 210 Å². The predicted molar refractivity (Wildman–Crippen MR) is 231 cm³/mol. The standard InChI is InChI=1S/C43H50N8O8S2/c1-25(2)45-42-48-34(24-60-42)33-21-36(29-15-14-27(58-3)19-32(29)46-33)59-28-20-35(51(23-28)40(54)31-16-17-38(52)47-31)39(53)49-43-22-26(43)11-7-5-4-6-10-18-44-30-12-8-9-13-37(30)61(56,57)50-41(43)55/h7-9,11-15,19,21,24-26,28,31,35,44H,4-6,10,16-18,20,22-23H2,1-3H3,(H,45,48)(H,47,52)(H,49,53)(H,50,55)/b11-7-/t26-,28+,31-,35-,43+/m0/s1. The summed E-state index contributed by atoms with van der Waals surface area (Å²) in [5, 5.41) is 15.5. The van der Waals surface area contributed by atoms with Crippen LogP contribution in [-0.2, 0) is 29.2 Å². The van der Waals surface area contributed by atoms with E-state index < -0.39 is 57.4 Å².